The van der Waals surface area contributed by atoms with Crippen LogP contribution in [-0.2, 0) is 0 Å². The Balaban J connectivity index is 1.04. The average Bonchev–Trinajstić information content (AvgIpc) is 1.07. The number of fused-ring (bicyclic) bond motifs is 12. The molecule has 2 heteroatoms. The molecule has 16 aromatic carbocycles. The predicted octanol–water partition coefficient (Wildman–Crippen LogP) is 25.5. The molecule has 0 saturated carbocycles. The lowest BCUT2D eigenvalue weighted by atomic mass is 9.81. The molecule has 2 unspecified atom stereocenters. The van der Waals surface area contributed by atoms with Crippen LogP contribution < -0.4 is 0 Å². The van der Waals surface area contributed by atoms with E-state index in [-0.39, 0.29) is 0 Å². The molecule has 0 radical (unpaired) electrons. The summed E-state index contributed by atoms with van der Waals surface area (Å²) in [6, 6.07) is 120. The van der Waals surface area contributed by atoms with Crippen LogP contribution in [0.4, 0.5) is 0 Å². The molecule has 18 aromatic rings. The maximum absolute atomic E-state index is 2.59. The molecule has 2 aromatic heterocycles. The van der Waals surface area contributed by atoms with E-state index < -0.39 is 15.1 Å². The predicted molar refractivity (Wildman–Crippen MR) is 377 cm³/mol. The first kappa shape index (κ1) is 49.1. The van der Waals surface area contributed by atoms with Gasteiger partial charge in [0.25, 0.3) is 0 Å². The molecule has 0 N–H and O–H groups in total. The van der Waals surface area contributed by atoms with E-state index in [1.165, 1.54) is 173 Å². The van der Waals surface area contributed by atoms with Gasteiger partial charge in [-0.1, -0.05) is 318 Å². The molecule has 0 nitrogen and oxygen atoms in total. The van der Waals surface area contributed by atoms with Crippen LogP contribution in [0, 0.1) is 0 Å². The van der Waals surface area contributed by atoms with E-state index in [0.717, 1.165) is 0 Å². The van der Waals surface area contributed by atoms with Gasteiger partial charge in [-0.05, 0) is 165 Å². The first-order chi connectivity index (χ1) is 42.7. The van der Waals surface area contributed by atoms with Crippen LogP contribution in [0.1, 0.15) is 0 Å². The summed E-state index contributed by atoms with van der Waals surface area (Å²) in [4.78, 5) is 0. The summed E-state index contributed by atoms with van der Waals surface area (Å²) in [6.07, 6.45) is 0. The Kier molecular flexibility index (Phi) is 11.2. The average molecular weight is 1120 g/mol. The van der Waals surface area contributed by atoms with Crippen molar-refractivity contribution in [1.82, 2.24) is 0 Å². The highest BCUT2D eigenvalue weighted by Gasteiger charge is 2.26. The first-order valence-corrected chi connectivity index (χ1v) is 32.5. The molecule has 0 saturated heterocycles. The summed E-state index contributed by atoms with van der Waals surface area (Å²) < 4.78 is 0. The third kappa shape index (κ3) is 7.38. The van der Waals surface area contributed by atoms with E-state index in [9.17, 15) is 0 Å². The SMILES string of the molecule is c1ccc(-p2c3ccccc3c3cccc(-c4cccc5c(-c6c7cccc(-c8cccc9ccccc89)c7cc7c(-c8cccc9ccccc89)cccc67)c6cccc(-c7cccc8c9ccccc9p(-c9ccccc9)c78)c6cc45)c32)cc1. The van der Waals surface area contributed by atoms with E-state index in [4.69, 9.17) is 0 Å². The molecule has 18 rings (SSSR count). The Bertz CT molecular complexity index is 5460. The molecule has 0 spiro atoms. The lowest BCUT2D eigenvalue weighted by Crippen LogP contribution is -1.95. The summed E-state index contributed by atoms with van der Waals surface area (Å²) in [5.74, 6) is 0. The molecule has 2 atom stereocenters. The second-order valence-electron chi connectivity index (χ2n) is 22.9. The summed E-state index contributed by atoms with van der Waals surface area (Å²) in [6.45, 7) is 0. The lowest BCUT2D eigenvalue weighted by Gasteiger charge is -2.22. The zero-order chi connectivity index (χ0) is 56.4. The van der Waals surface area contributed by atoms with Crippen molar-refractivity contribution < 1.29 is 0 Å². The molecule has 0 aliphatic heterocycles. The van der Waals surface area contributed by atoms with Crippen LogP contribution in [-0.4, -0.2) is 0 Å². The molecule has 0 fully saturated rings. The fourth-order valence-electron chi connectivity index (χ4n) is 14.9. The van der Waals surface area contributed by atoms with Crippen LogP contribution in [0.2, 0.25) is 0 Å². The zero-order valence-corrected chi connectivity index (χ0v) is 48.7. The van der Waals surface area contributed by atoms with Gasteiger partial charge in [-0.25, -0.2) is 0 Å². The van der Waals surface area contributed by atoms with Gasteiger partial charge in [0.05, 0.1) is 0 Å². The second kappa shape index (κ2) is 19.6. The molecular weight excluding hydrogens is 1070 g/mol. The fraction of sp³-hybridized carbons (Fsp3) is 0. The van der Waals surface area contributed by atoms with Gasteiger partial charge in [0.15, 0.2) is 0 Å². The maximum atomic E-state index is 2.59. The number of hydrogen-bond donors (Lipinski definition) is 0. The van der Waals surface area contributed by atoms with Crippen molar-refractivity contribution in [2.24, 2.45) is 0 Å². The molecule has 0 aliphatic carbocycles. The summed E-state index contributed by atoms with van der Waals surface area (Å²) in [5, 5.41) is 28.7. The first-order valence-electron chi connectivity index (χ1n) is 29.8. The van der Waals surface area contributed by atoms with Crippen molar-refractivity contribution in [3.05, 3.63) is 315 Å². The van der Waals surface area contributed by atoms with Gasteiger partial charge in [0.1, 0.15) is 0 Å². The van der Waals surface area contributed by atoms with E-state index >= 15 is 0 Å². The normalized spacial score (nSPS) is 12.4. The molecule has 0 amide bonds. The van der Waals surface area contributed by atoms with Gasteiger partial charge in [-0.15, -0.1) is 0 Å². The van der Waals surface area contributed by atoms with Crippen molar-refractivity contribution in [2.45, 2.75) is 0 Å². The molecule has 0 bridgehead atoms. The Hall–Kier alpha value is -10.3. The van der Waals surface area contributed by atoms with Crippen LogP contribution in [0.3, 0.4) is 0 Å². The van der Waals surface area contributed by atoms with Crippen LogP contribution in [0.5, 0.6) is 0 Å². The van der Waals surface area contributed by atoms with Crippen LogP contribution in [0.15, 0.2) is 315 Å². The molecular formula is C84H52P2. The molecule has 0 aliphatic rings. The highest BCUT2D eigenvalue weighted by molar-refractivity contribution is 7.68. The quantitative estimate of drug-likeness (QED) is 0.140. The fourth-order valence-corrected chi connectivity index (χ4v) is 20.5. The zero-order valence-electron chi connectivity index (χ0n) is 46.9. The lowest BCUT2D eigenvalue weighted by molar-refractivity contribution is 1.67. The van der Waals surface area contributed by atoms with Gasteiger partial charge in [0.2, 0.25) is 0 Å². The van der Waals surface area contributed by atoms with E-state index in [1.807, 2.05) is 0 Å². The molecule has 398 valence electrons. The summed E-state index contributed by atoms with van der Waals surface area (Å²) in [7, 11) is -1.75. The number of rotatable bonds is 7. The topological polar surface area (TPSA) is 0 Å². The van der Waals surface area contributed by atoms with Gasteiger partial charge in [-0.3, -0.25) is 0 Å². The Labute approximate surface area is 500 Å². The minimum atomic E-state index is -0.876. The second-order valence-corrected chi connectivity index (χ2v) is 27.2. The van der Waals surface area contributed by atoms with Crippen molar-refractivity contribution in [3.8, 4) is 66.2 Å². The highest BCUT2D eigenvalue weighted by atomic mass is 31.1. The van der Waals surface area contributed by atoms with E-state index in [1.54, 1.807) is 0 Å². The van der Waals surface area contributed by atoms with Crippen molar-refractivity contribution in [3.63, 3.8) is 0 Å². The Morgan fingerprint density at radius 1 is 0.163 bits per heavy atom. The third-order valence-corrected chi connectivity index (χ3v) is 23.7. The Morgan fingerprint density at radius 2 is 0.419 bits per heavy atom. The standard InChI is InChI=1S/C84H52P2/c1-3-27-55(28-4-1)85-79-49-13-11-33-65(79)73-47-21-45-71(83(73)85)63-39-19-43-69-77(63)52-78-64(72-46-22-48-74-66-34-12-14-50-80(66)86(84(72)74)56-29-5-2-6-30-56)40-20-44-70(78)82(69)81-67-41-17-37-61(59-35-15-25-53-23-7-9-31-57(53)59)75(67)51-76-62(38-18-42-68(76)81)60-36-16-26-54-24-8-10-32-58(54)60/h1-52H. The van der Waals surface area contributed by atoms with Crippen LogP contribution >= 0.6 is 15.1 Å². The monoisotopic (exact) mass is 1120 g/mol. The Morgan fingerprint density at radius 3 is 0.802 bits per heavy atom. The van der Waals surface area contributed by atoms with Gasteiger partial charge in [0, 0.05) is 20.5 Å². The molecule has 86 heavy (non-hydrogen) atoms. The largest absolute Gasteiger partial charge is 0.0766 e. The van der Waals surface area contributed by atoms with E-state index in [2.05, 4.69) is 315 Å². The van der Waals surface area contributed by atoms with Gasteiger partial charge < -0.3 is 0 Å². The summed E-state index contributed by atoms with van der Waals surface area (Å²) >= 11 is 0. The number of hydrogen-bond acceptors (Lipinski definition) is 0. The smallest absolute Gasteiger partial charge is 0.0147 e. The van der Waals surface area contributed by atoms with Crippen molar-refractivity contribution >= 4 is 122 Å². The van der Waals surface area contributed by atoms with Crippen molar-refractivity contribution in [2.75, 3.05) is 0 Å². The number of benzene rings is 16. The van der Waals surface area contributed by atoms with Gasteiger partial charge in [-0.2, -0.15) is 0 Å². The third-order valence-electron chi connectivity index (χ3n) is 18.5. The van der Waals surface area contributed by atoms with E-state index in [0.29, 0.717) is 0 Å². The van der Waals surface area contributed by atoms with Crippen molar-refractivity contribution in [1.29, 1.82) is 0 Å². The minimum Gasteiger partial charge on any atom is -0.0766 e. The molecule has 2 heterocycles. The summed E-state index contributed by atoms with van der Waals surface area (Å²) in [5.41, 5.74) is 12.5. The van der Waals surface area contributed by atoms with Crippen LogP contribution in [0.25, 0.3) is 173 Å². The highest BCUT2D eigenvalue weighted by Crippen LogP contribution is 2.61. The van der Waals surface area contributed by atoms with Gasteiger partial charge >= 0.3 is 0 Å². The minimum absolute atomic E-state index is 0.876. The maximum Gasteiger partial charge on any atom is 0.0147 e.